The lowest BCUT2D eigenvalue weighted by Gasteiger charge is -2.09. The lowest BCUT2D eigenvalue weighted by atomic mass is 10.2. The van der Waals surface area contributed by atoms with Gasteiger partial charge < -0.3 is 14.0 Å². The van der Waals surface area contributed by atoms with E-state index in [1.165, 1.54) is 11.3 Å². The number of nitrogens with one attached hydrogen (secondary N) is 1. The van der Waals surface area contributed by atoms with Crippen LogP contribution in [0.3, 0.4) is 0 Å². The summed E-state index contributed by atoms with van der Waals surface area (Å²) in [6.07, 6.45) is 3.89. The van der Waals surface area contributed by atoms with E-state index in [0.29, 0.717) is 11.7 Å². The number of carbonyl (C=O) groups excluding carboxylic acids is 1. The van der Waals surface area contributed by atoms with Crippen molar-refractivity contribution in [1.29, 1.82) is 0 Å². The first-order valence-electron chi connectivity index (χ1n) is 10.2. The van der Waals surface area contributed by atoms with Crippen LogP contribution in [0.15, 0.2) is 60.8 Å². The van der Waals surface area contributed by atoms with Gasteiger partial charge >= 0.3 is 0 Å². The van der Waals surface area contributed by atoms with Crippen molar-refractivity contribution in [3.63, 3.8) is 0 Å². The average Bonchev–Trinajstić information content (AvgIpc) is 3.54. The predicted octanol–water partition coefficient (Wildman–Crippen LogP) is 4.56. The summed E-state index contributed by atoms with van der Waals surface area (Å²) in [4.78, 5) is 12.6. The molecule has 2 aromatic carbocycles. The van der Waals surface area contributed by atoms with Gasteiger partial charge in [0.1, 0.15) is 30.0 Å². The van der Waals surface area contributed by atoms with Gasteiger partial charge in [-0.2, -0.15) is 0 Å². The fourth-order valence-corrected chi connectivity index (χ4v) is 4.48. The van der Waals surface area contributed by atoms with Crippen LogP contribution in [0.2, 0.25) is 0 Å². The summed E-state index contributed by atoms with van der Waals surface area (Å²) in [6, 6.07) is 17.9. The highest BCUT2D eigenvalue weighted by Crippen LogP contribution is 2.32. The van der Waals surface area contributed by atoms with E-state index in [9.17, 15) is 4.79 Å². The summed E-state index contributed by atoms with van der Waals surface area (Å²) < 4.78 is 13.5. The standard InChI is InChI=1S/C23H22N4O3S/c28-21(24-23-26-25-22(31-23)20-7-4-12-29-20)14-27-11-10-17-8-9-18(13-19(17)27)30-15-16-5-2-1-3-6-16/h1-3,5-6,8-11,13,20H,4,7,12,14-15H2,(H,24,26,28). The number of benzene rings is 2. The smallest absolute Gasteiger partial charge is 0.246 e. The first kappa shape index (κ1) is 19.7. The average molecular weight is 435 g/mol. The van der Waals surface area contributed by atoms with Crippen molar-refractivity contribution in [3.8, 4) is 5.75 Å². The third-order valence-electron chi connectivity index (χ3n) is 5.20. The Balaban J connectivity index is 1.24. The molecule has 0 aliphatic carbocycles. The third kappa shape index (κ3) is 4.60. The van der Waals surface area contributed by atoms with Crippen LogP contribution >= 0.6 is 11.3 Å². The molecule has 8 heteroatoms. The number of anilines is 1. The van der Waals surface area contributed by atoms with Crippen molar-refractivity contribution in [2.75, 3.05) is 11.9 Å². The fraction of sp³-hybridized carbons (Fsp3) is 0.261. The van der Waals surface area contributed by atoms with E-state index in [2.05, 4.69) is 15.5 Å². The topological polar surface area (TPSA) is 78.3 Å². The Bertz CT molecular complexity index is 1180. The number of nitrogens with zero attached hydrogens (tertiary/aromatic N) is 3. The Kier molecular flexibility index (Phi) is 5.64. The van der Waals surface area contributed by atoms with Crippen molar-refractivity contribution in [3.05, 3.63) is 71.4 Å². The Labute approximate surface area is 183 Å². The van der Waals surface area contributed by atoms with Crippen LogP contribution in [-0.2, 0) is 22.7 Å². The molecule has 0 saturated carbocycles. The van der Waals surface area contributed by atoms with Gasteiger partial charge in [-0.25, -0.2) is 0 Å². The van der Waals surface area contributed by atoms with Crippen LogP contribution in [0.1, 0.15) is 29.5 Å². The zero-order valence-electron chi connectivity index (χ0n) is 16.9. The highest BCUT2D eigenvalue weighted by Gasteiger charge is 2.22. The molecule has 1 atom stereocenters. The van der Waals surface area contributed by atoms with Gasteiger partial charge in [0.05, 0.1) is 5.52 Å². The van der Waals surface area contributed by atoms with Crippen molar-refractivity contribution >= 4 is 33.3 Å². The molecule has 1 fully saturated rings. The quantitative estimate of drug-likeness (QED) is 0.461. The molecule has 158 valence electrons. The Morgan fingerprint density at radius 2 is 2.10 bits per heavy atom. The number of rotatable bonds is 7. The molecule has 1 unspecified atom stereocenters. The number of amides is 1. The maximum atomic E-state index is 12.6. The van der Waals surface area contributed by atoms with E-state index >= 15 is 0 Å². The lowest BCUT2D eigenvalue weighted by molar-refractivity contribution is -0.116. The van der Waals surface area contributed by atoms with Crippen molar-refractivity contribution in [2.45, 2.75) is 32.1 Å². The summed E-state index contributed by atoms with van der Waals surface area (Å²) in [5.41, 5.74) is 2.05. The molecular formula is C23H22N4O3S. The number of aromatic nitrogens is 3. The molecule has 1 N–H and O–H groups in total. The molecule has 1 aliphatic heterocycles. The maximum absolute atomic E-state index is 12.6. The zero-order valence-corrected chi connectivity index (χ0v) is 17.7. The first-order valence-corrected chi connectivity index (χ1v) is 11.1. The van der Waals surface area contributed by atoms with Crippen LogP contribution in [0.4, 0.5) is 5.13 Å². The monoisotopic (exact) mass is 434 g/mol. The van der Waals surface area contributed by atoms with Crippen molar-refractivity contribution < 1.29 is 14.3 Å². The largest absolute Gasteiger partial charge is 0.489 e. The van der Waals surface area contributed by atoms with Gasteiger partial charge in [0, 0.05) is 18.9 Å². The van der Waals surface area contributed by atoms with Crippen LogP contribution in [0.25, 0.3) is 10.9 Å². The van der Waals surface area contributed by atoms with Gasteiger partial charge in [0.15, 0.2) is 0 Å². The second-order valence-corrected chi connectivity index (χ2v) is 8.44. The second kappa shape index (κ2) is 8.87. The molecule has 0 bridgehead atoms. The minimum atomic E-state index is -0.150. The van der Waals surface area contributed by atoms with E-state index in [0.717, 1.165) is 46.7 Å². The number of fused-ring (bicyclic) bond motifs is 1. The van der Waals surface area contributed by atoms with Crippen LogP contribution < -0.4 is 10.1 Å². The summed E-state index contributed by atoms with van der Waals surface area (Å²) in [6.45, 7) is 1.43. The molecular weight excluding hydrogens is 412 g/mol. The zero-order chi connectivity index (χ0) is 21.0. The minimum Gasteiger partial charge on any atom is -0.489 e. The SMILES string of the molecule is O=C(Cn1ccc2ccc(OCc3ccccc3)cc21)Nc1nnc(C2CCCO2)s1. The predicted molar refractivity (Wildman–Crippen MR) is 119 cm³/mol. The van der Waals surface area contributed by atoms with Gasteiger partial charge in [-0.05, 0) is 42.0 Å². The molecule has 3 heterocycles. The molecule has 1 amide bonds. The highest BCUT2D eigenvalue weighted by atomic mass is 32.1. The second-order valence-electron chi connectivity index (χ2n) is 7.43. The van der Waals surface area contributed by atoms with E-state index < -0.39 is 0 Å². The van der Waals surface area contributed by atoms with Gasteiger partial charge in [0.2, 0.25) is 11.0 Å². The van der Waals surface area contributed by atoms with Crippen LogP contribution in [0.5, 0.6) is 5.75 Å². The molecule has 2 aromatic heterocycles. The first-order chi connectivity index (χ1) is 15.2. The van der Waals surface area contributed by atoms with E-state index in [1.54, 1.807) is 0 Å². The molecule has 1 saturated heterocycles. The number of ether oxygens (including phenoxy) is 2. The summed E-state index contributed by atoms with van der Waals surface area (Å²) in [5.74, 6) is 0.616. The normalized spacial score (nSPS) is 15.9. The molecule has 7 nitrogen and oxygen atoms in total. The molecule has 0 spiro atoms. The summed E-state index contributed by atoms with van der Waals surface area (Å²) in [5, 5.41) is 13.5. The molecule has 5 rings (SSSR count). The summed E-state index contributed by atoms with van der Waals surface area (Å²) in [7, 11) is 0. The van der Waals surface area contributed by atoms with Gasteiger partial charge in [0.25, 0.3) is 0 Å². The van der Waals surface area contributed by atoms with Gasteiger partial charge in [-0.15, -0.1) is 10.2 Å². The Hall–Kier alpha value is -3.23. The molecule has 0 radical (unpaired) electrons. The molecule has 4 aromatic rings. The number of carbonyl (C=O) groups is 1. The number of hydrogen-bond acceptors (Lipinski definition) is 6. The van der Waals surface area contributed by atoms with Crippen molar-refractivity contribution in [2.24, 2.45) is 0 Å². The van der Waals surface area contributed by atoms with Crippen LogP contribution in [0, 0.1) is 0 Å². The Morgan fingerprint density at radius 1 is 1.19 bits per heavy atom. The maximum Gasteiger partial charge on any atom is 0.246 e. The summed E-state index contributed by atoms with van der Waals surface area (Å²) >= 11 is 1.37. The number of hydrogen-bond donors (Lipinski definition) is 1. The molecule has 1 aliphatic rings. The van der Waals surface area contributed by atoms with Gasteiger partial charge in [-0.3, -0.25) is 10.1 Å². The van der Waals surface area contributed by atoms with Gasteiger partial charge in [-0.1, -0.05) is 41.7 Å². The van der Waals surface area contributed by atoms with E-state index in [1.807, 2.05) is 65.4 Å². The van der Waals surface area contributed by atoms with Crippen LogP contribution in [-0.4, -0.2) is 27.3 Å². The van der Waals surface area contributed by atoms with Crippen molar-refractivity contribution in [1.82, 2.24) is 14.8 Å². The highest BCUT2D eigenvalue weighted by molar-refractivity contribution is 7.15. The fourth-order valence-electron chi connectivity index (χ4n) is 3.63. The Morgan fingerprint density at radius 3 is 2.94 bits per heavy atom. The van der Waals surface area contributed by atoms with E-state index in [4.69, 9.17) is 9.47 Å². The third-order valence-corrected chi connectivity index (χ3v) is 6.13. The molecule has 31 heavy (non-hydrogen) atoms. The minimum absolute atomic E-state index is 0.00542. The van der Waals surface area contributed by atoms with E-state index in [-0.39, 0.29) is 18.6 Å². The lowest BCUT2D eigenvalue weighted by Crippen LogP contribution is -2.18.